The van der Waals surface area contributed by atoms with Crippen molar-refractivity contribution in [2.75, 3.05) is 23.8 Å². The molecule has 0 bridgehead atoms. The molecule has 2 aromatic carbocycles. The van der Waals surface area contributed by atoms with Crippen LogP contribution in [-0.2, 0) is 4.79 Å². The van der Waals surface area contributed by atoms with Gasteiger partial charge in [-0.15, -0.1) is 0 Å². The van der Waals surface area contributed by atoms with Crippen molar-refractivity contribution in [3.05, 3.63) is 63.8 Å². The molecule has 2 N–H and O–H groups in total. The molecule has 10 heteroatoms. The maximum Gasteiger partial charge on any atom is 0.255 e. The van der Waals surface area contributed by atoms with Gasteiger partial charge in [-0.05, 0) is 61.0 Å². The van der Waals surface area contributed by atoms with Crippen molar-refractivity contribution in [2.24, 2.45) is 0 Å². The molecule has 1 atom stereocenters. The Hall–Kier alpha value is -3.40. The van der Waals surface area contributed by atoms with Gasteiger partial charge in [-0.2, -0.15) is 4.68 Å². The molecule has 2 heterocycles. The fourth-order valence-electron chi connectivity index (χ4n) is 3.83. The molecule has 0 saturated heterocycles. The molecular formula is C24H27BrN6O3. The van der Waals surface area contributed by atoms with Crippen LogP contribution in [0.5, 0.6) is 11.5 Å². The number of amides is 1. The Kier molecular flexibility index (Phi) is 7.46. The van der Waals surface area contributed by atoms with Crippen molar-refractivity contribution in [3.63, 3.8) is 0 Å². The number of anilines is 2. The molecule has 1 amide bonds. The maximum absolute atomic E-state index is 13.7. The second-order valence-electron chi connectivity index (χ2n) is 7.78. The summed E-state index contributed by atoms with van der Waals surface area (Å²) in [7, 11) is 0. The molecule has 178 valence electrons. The van der Waals surface area contributed by atoms with E-state index in [2.05, 4.69) is 49.0 Å². The predicted molar refractivity (Wildman–Crippen MR) is 133 cm³/mol. The molecular weight excluding hydrogens is 500 g/mol. The number of tetrazole rings is 1. The first-order valence-corrected chi connectivity index (χ1v) is 12.0. The first kappa shape index (κ1) is 23.7. The highest BCUT2D eigenvalue weighted by Crippen LogP contribution is 2.40. The lowest BCUT2D eigenvalue weighted by Gasteiger charge is -2.29. The molecule has 0 fully saturated rings. The van der Waals surface area contributed by atoms with Crippen LogP contribution in [0.15, 0.2) is 58.2 Å². The number of nitrogens with one attached hydrogen (secondary N) is 2. The number of fused-ring (bicyclic) bond motifs is 1. The fraction of sp³-hybridized carbons (Fsp3) is 0.333. The maximum atomic E-state index is 13.7. The van der Waals surface area contributed by atoms with Crippen LogP contribution in [0.4, 0.5) is 11.6 Å². The molecule has 4 rings (SSSR count). The average Bonchev–Trinajstić information content (AvgIpc) is 3.28. The zero-order chi connectivity index (χ0) is 24.1. The summed E-state index contributed by atoms with van der Waals surface area (Å²) in [5, 5.41) is 18.2. The number of nitrogens with zero attached hydrogens (tertiary/aromatic N) is 4. The molecule has 1 aromatic heterocycles. The standard InChI is InChI=1S/C24H27BrN6O3/c1-4-6-13-34-19-12-11-16(25)14-17(19)22-21(15(3)26-24-28-29-30-31(22)24)23(32)27-18-9-7-8-10-20(18)33-5-2/h7-12,14,22H,4-6,13H2,1-3H3,(H,27,32)(H,26,28,30). The Balaban J connectivity index is 1.77. The number of rotatable bonds is 9. The monoisotopic (exact) mass is 526 g/mol. The van der Waals surface area contributed by atoms with Gasteiger partial charge in [0.25, 0.3) is 5.91 Å². The summed E-state index contributed by atoms with van der Waals surface area (Å²) in [6.45, 7) is 6.91. The topological polar surface area (TPSA) is 103 Å². The Labute approximate surface area is 206 Å². The number of ether oxygens (including phenoxy) is 2. The number of benzene rings is 2. The van der Waals surface area contributed by atoms with Gasteiger partial charge in [-0.1, -0.05) is 46.5 Å². The van der Waals surface area contributed by atoms with Crippen LogP contribution < -0.4 is 20.1 Å². The van der Waals surface area contributed by atoms with Gasteiger partial charge in [-0.3, -0.25) is 4.79 Å². The van der Waals surface area contributed by atoms with Crippen LogP contribution in [0.1, 0.15) is 45.2 Å². The SMILES string of the molecule is CCCCOc1ccc(Br)cc1C1C(C(=O)Nc2ccccc2OCC)=C(C)Nc2nnnn21. The minimum absolute atomic E-state index is 0.289. The highest BCUT2D eigenvalue weighted by molar-refractivity contribution is 9.10. The summed E-state index contributed by atoms with van der Waals surface area (Å²) in [5.41, 5.74) is 2.50. The summed E-state index contributed by atoms with van der Waals surface area (Å²) in [6, 6.07) is 12.5. The smallest absolute Gasteiger partial charge is 0.255 e. The predicted octanol–water partition coefficient (Wildman–Crippen LogP) is 4.94. The van der Waals surface area contributed by atoms with Gasteiger partial charge in [0.1, 0.15) is 17.5 Å². The van der Waals surface area contributed by atoms with Gasteiger partial charge in [0, 0.05) is 15.7 Å². The molecule has 9 nitrogen and oxygen atoms in total. The minimum atomic E-state index is -0.598. The molecule has 0 aliphatic carbocycles. The quantitative estimate of drug-likeness (QED) is 0.380. The third-order valence-electron chi connectivity index (χ3n) is 5.42. The van der Waals surface area contributed by atoms with E-state index in [1.807, 2.05) is 56.3 Å². The second-order valence-corrected chi connectivity index (χ2v) is 8.70. The number of halogens is 1. The summed E-state index contributed by atoms with van der Waals surface area (Å²) in [6.07, 6.45) is 1.94. The molecule has 3 aromatic rings. The van der Waals surface area contributed by atoms with Crippen molar-refractivity contribution in [1.29, 1.82) is 0 Å². The molecule has 0 spiro atoms. The van der Waals surface area contributed by atoms with E-state index in [9.17, 15) is 4.79 Å². The van der Waals surface area contributed by atoms with E-state index in [1.54, 1.807) is 4.68 Å². The highest BCUT2D eigenvalue weighted by atomic mass is 79.9. The number of allylic oxidation sites excluding steroid dienone is 1. The number of carbonyl (C=O) groups excluding carboxylic acids is 1. The number of hydrogen-bond acceptors (Lipinski definition) is 7. The van der Waals surface area contributed by atoms with Crippen LogP contribution in [0.2, 0.25) is 0 Å². The van der Waals surface area contributed by atoms with E-state index in [0.717, 1.165) is 22.9 Å². The number of para-hydroxylation sites is 2. The summed E-state index contributed by atoms with van der Waals surface area (Å²) >= 11 is 3.56. The van der Waals surface area contributed by atoms with Crippen LogP contribution in [0.3, 0.4) is 0 Å². The normalized spacial score (nSPS) is 14.9. The Morgan fingerprint density at radius 2 is 2.00 bits per heavy atom. The number of unbranched alkanes of at least 4 members (excludes halogenated alkanes) is 1. The minimum Gasteiger partial charge on any atom is -0.493 e. The fourth-order valence-corrected chi connectivity index (χ4v) is 4.20. The van der Waals surface area contributed by atoms with Gasteiger partial charge < -0.3 is 20.1 Å². The zero-order valence-electron chi connectivity index (χ0n) is 19.3. The van der Waals surface area contributed by atoms with Crippen LogP contribution in [0.25, 0.3) is 0 Å². The van der Waals surface area contributed by atoms with Gasteiger partial charge in [-0.25, -0.2) is 0 Å². The third-order valence-corrected chi connectivity index (χ3v) is 5.91. The Morgan fingerprint density at radius 1 is 1.18 bits per heavy atom. The van der Waals surface area contributed by atoms with E-state index in [4.69, 9.17) is 9.47 Å². The largest absolute Gasteiger partial charge is 0.493 e. The molecule has 1 aliphatic heterocycles. The molecule has 1 aliphatic rings. The van der Waals surface area contributed by atoms with Crippen LogP contribution in [-0.4, -0.2) is 39.3 Å². The Bertz CT molecular complexity index is 1210. The Morgan fingerprint density at radius 3 is 2.79 bits per heavy atom. The van der Waals surface area contributed by atoms with Crippen molar-refractivity contribution in [2.45, 2.75) is 39.7 Å². The van der Waals surface area contributed by atoms with E-state index in [1.165, 1.54) is 0 Å². The third kappa shape index (κ3) is 4.91. The van der Waals surface area contributed by atoms with Gasteiger partial charge in [0.15, 0.2) is 0 Å². The van der Waals surface area contributed by atoms with Crippen molar-refractivity contribution in [3.8, 4) is 11.5 Å². The summed E-state index contributed by atoms with van der Waals surface area (Å²) in [5.74, 6) is 1.44. The molecule has 34 heavy (non-hydrogen) atoms. The highest BCUT2D eigenvalue weighted by Gasteiger charge is 2.36. The lowest BCUT2D eigenvalue weighted by atomic mass is 9.94. The molecule has 0 saturated carbocycles. The van der Waals surface area contributed by atoms with Gasteiger partial charge in [0.05, 0.1) is 24.5 Å². The van der Waals surface area contributed by atoms with Gasteiger partial charge >= 0.3 is 0 Å². The second kappa shape index (κ2) is 10.7. The first-order chi connectivity index (χ1) is 16.5. The van der Waals surface area contributed by atoms with Crippen molar-refractivity contribution >= 4 is 33.5 Å². The number of aromatic nitrogens is 4. The van der Waals surface area contributed by atoms with E-state index >= 15 is 0 Å². The number of hydrogen-bond donors (Lipinski definition) is 2. The molecule has 0 radical (unpaired) electrons. The van der Waals surface area contributed by atoms with Crippen molar-refractivity contribution in [1.82, 2.24) is 20.2 Å². The summed E-state index contributed by atoms with van der Waals surface area (Å²) < 4.78 is 14.3. The van der Waals surface area contributed by atoms with Crippen LogP contribution >= 0.6 is 15.9 Å². The first-order valence-electron chi connectivity index (χ1n) is 11.2. The summed E-state index contributed by atoms with van der Waals surface area (Å²) in [4.78, 5) is 13.7. The molecule has 1 unspecified atom stereocenters. The lowest BCUT2D eigenvalue weighted by Crippen LogP contribution is -2.32. The van der Waals surface area contributed by atoms with Gasteiger partial charge in [0.2, 0.25) is 5.95 Å². The van der Waals surface area contributed by atoms with E-state index in [0.29, 0.717) is 47.6 Å². The van der Waals surface area contributed by atoms with Crippen LogP contribution in [0, 0.1) is 0 Å². The number of carbonyl (C=O) groups is 1. The van der Waals surface area contributed by atoms with Crippen molar-refractivity contribution < 1.29 is 14.3 Å². The lowest BCUT2D eigenvalue weighted by molar-refractivity contribution is -0.113. The van der Waals surface area contributed by atoms with E-state index < -0.39 is 6.04 Å². The average molecular weight is 527 g/mol. The zero-order valence-corrected chi connectivity index (χ0v) is 20.9. The van der Waals surface area contributed by atoms with E-state index in [-0.39, 0.29) is 5.91 Å².